The molecule has 0 aromatic heterocycles. The van der Waals surface area contributed by atoms with Crippen LogP contribution in [0, 0.1) is 5.82 Å². The largest absolute Gasteiger partial charge is 0.507 e. The maximum Gasteiger partial charge on any atom is 0.255 e. The molecule has 0 heterocycles. The molecule has 0 radical (unpaired) electrons. The van der Waals surface area contributed by atoms with Crippen LogP contribution in [-0.4, -0.2) is 16.3 Å². The number of benzene rings is 2. The van der Waals surface area contributed by atoms with Gasteiger partial charge in [0, 0.05) is 5.33 Å². The van der Waals surface area contributed by atoms with Gasteiger partial charge in [0.25, 0.3) is 5.91 Å². The van der Waals surface area contributed by atoms with Crippen molar-refractivity contribution < 1.29 is 14.3 Å². The van der Waals surface area contributed by atoms with E-state index in [4.69, 9.17) is 0 Å². The number of halogens is 2. The minimum atomic E-state index is -0.567. The summed E-state index contributed by atoms with van der Waals surface area (Å²) in [6, 6.07) is 12.4. The Labute approximate surface area is 124 Å². The molecular formula is C15H13BrFNO2. The van der Waals surface area contributed by atoms with Crippen molar-refractivity contribution in [3.8, 4) is 5.75 Å². The number of nitrogens with one attached hydrogen (secondary N) is 1. The van der Waals surface area contributed by atoms with Crippen molar-refractivity contribution in [2.75, 3.05) is 5.33 Å². The van der Waals surface area contributed by atoms with Gasteiger partial charge in [-0.3, -0.25) is 4.79 Å². The quantitative estimate of drug-likeness (QED) is 0.840. The van der Waals surface area contributed by atoms with Gasteiger partial charge in [0.2, 0.25) is 0 Å². The summed E-state index contributed by atoms with van der Waals surface area (Å²) in [5.41, 5.74) is 0.848. The lowest BCUT2D eigenvalue weighted by Gasteiger charge is -2.17. The van der Waals surface area contributed by atoms with Gasteiger partial charge in [-0.25, -0.2) is 4.39 Å². The molecule has 2 rings (SSSR count). The van der Waals surface area contributed by atoms with Crippen molar-refractivity contribution in [1.29, 1.82) is 0 Å². The highest BCUT2D eigenvalue weighted by Crippen LogP contribution is 2.20. The molecule has 104 valence electrons. The molecule has 2 aromatic carbocycles. The zero-order valence-corrected chi connectivity index (χ0v) is 12.1. The lowest BCUT2D eigenvalue weighted by molar-refractivity contribution is 0.0937. The van der Waals surface area contributed by atoms with Gasteiger partial charge in [0.15, 0.2) is 0 Å². The Bertz CT molecular complexity index is 604. The van der Waals surface area contributed by atoms with Crippen LogP contribution in [0.3, 0.4) is 0 Å². The SMILES string of the molecule is O=C(NC(CBr)c1ccccc1)c1cc(F)ccc1O. The average Bonchev–Trinajstić information content (AvgIpc) is 2.48. The Morgan fingerprint density at radius 3 is 2.60 bits per heavy atom. The first-order valence-corrected chi connectivity index (χ1v) is 7.14. The van der Waals surface area contributed by atoms with Crippen molar-refractivity contribution >= 4 is 21.8 Å². The summed E-state index contributed by atoms with van der Waals surface area (Å²) in [4.78, 5) is 12.1. The van der Waals surface area contributed by atoms with Crippen LogP contribution in [0.5, 0.6) is 5.75 Å². The lowest BCUT2D eigenvalue weighted by Crippen LogP contribution is -2.29. The molecule has 0 aliphatic heterocycles. The highest BCUT2D eigenvalue weighted by molar-refractivity contribution is 9.09. The van der Waals surface area contributed by atoms with E-state index in [0.29, 0.717) is 5.33 Å². The normalized spacial score (nSPS) is 11.9. The van der Waals surface area contributed by atoms with Crippen LogP contribution in [0.25, 0.3) is 0 Å². The number of alkyl halides is 1. The van der Waals surface area contributed by atoms with Crippen LogP contribution in [-0.2, 0) is 0 Å². The summed E-state index contributed by atoms with van der Waals surface area (Å²) in [7, 11) is 0. The van der Waals surface area contributed by atoms with Gasteiger partial charge in [-0.1, -0.05) is 46.3 Å². The van der Waals surface area contributed by atoms with E-state index in [2.05, 4.69) is 21.2 Å². The first kappa shape index (κ1) is 14.5. The highest BCUT2D eigenvalue weighted by Gasteiger charge is 2.17. The predicted molar refractivity (Wildman–Crippen MR) is 78.5 cm³/mol. The number of hydrogen-bond donors (Lipinski definition) is 2. The number of aromatic hydroxyl groups is 1. The van der Waals surface area contributed by atoms with E-state index in [0.717, 1.165) is 23.8 Å². The fourth-order valence-electron chi connectivity index (χ4n) is 1.82. The number of carbonyl (C=O) groups excluding carboxylic acids is 1. The first-order chi connectivity index (χ1) is 9.61. The number of carbonyl (C=O) groups is 1. The monoisotopic (exact) mass is 337 g/mol. The molecule has 0 saturated heterocycles. The Hall–Kier alpha value is -1.88. The molecule has 1 amide bonds. The molecule has 2 aromatic rings. The number of phenolic OH excluding ortho intramolecular Hbond substituents is 1. The second-order valence-corrected chi connectivity index (χ2v) is 4.90. The van der Waals surface area contributed by atoms with Crippen molar-refractivity contribution in [3.63, 3.8) is 0 Å². The molecule has 3 nitrogen and oxygen atoms in total. The summed E-state index contributed by atoms with van der Waals surface area (Å²) in [6.45, 7) is 0. The maximum absolute atomic E-state index is 13.1. The minimum Gasteiger partial charge on any atom is -0.507 e. The van der Waals surface area contributed by atoms with Crippen LogP contribution >= 0.6 is 15.9 Å². The van der Waals surface area contributed by atoms with Crippen LogP contribution < -0.4 is 5.32 Å². The molecule has 0 saturated carbocycles. The van der Waals surface area contributed by atoms with Crippen molar-refractivity contribution in [1.82, 2.24) is 5.32 Å². The Morgan fingerprint density at radius 1 is 1.25 bits per heavy atom. The zero-order valence-electron chi connectivity index (χ0n) is 10.5. The van der Waals surface area contributed by atoms with E-state index in [-0.39, 0.29) is 17.4 Å². The van der Waals surface area contributed by atoms with E-state index >= 15 is 0 Å². The first-order valence-electron chi connectivity index (χ1n) is 6.02. The van der Waals surface area contributed by atoms with Crippen LogP contribution in [0.15, 0.2) is 48.5 Å². The topological polar surface area (TPSA) is 49.3 Å². The van der Waals surface area contributed by atoms with Gasteiger partial charge >= 0.3 is 0 Å². The molecule has 0 bridgehead atoms. The van der Waals surface area contributed by atoms with Crippen LogP contribution in [0.4, 0.5) is 4.39 Å². The number of amides is 1. The molecule has 0 aliphatic rings. The Balaban J connectivity index is 2.20. The standard InChI is InChI=1S/C15H13BrFNO2/c16-9-13(10-4-2-1-3-5-10)18-15(20)12-8-11(17)6-7-14(12)19/h1-8,13,19H,9H2,(H,18,20). The third-order valence-electron chi connectivity index (χ3n) is 2.86. The van der Waals surface area contributed by atoms with Gasteiger partial charge in [-0.05, 0) is 23.8 Å². The Morgan fingerprint density at radius 2 is 1.95 bits per heavy atom. The third-order valence-corrected chi connectivity index (χ3v) is 3.51. The molecular weight excluding hydrogens is 325 g/mol. The van der Waals surface area contributed by atoms with Gasteiger partial charge < -0.3 is 10.4 Å². The number of phenols is 1. The molecule has 1 atom stereocenters. The fourth-order valence-corrected chi connectivity index (χ4v) is 2.36. The minimum absolute atomic E-state index is 0.0770. The van der Waals surface area contributed by atoms with Crippen molar-refractivity contribution in [2.24, 2.45) is 0 Å². The van der Waals surface area contributed by atoms with E-state index in [9.17, 15) is 14.3 Å². The second-order valence-electron chi connectivity index (χ2n) is 4.25. The average molecular weight is 338 g/mol. The molecule has 0 fully saturated rings. The Kier molecular flexibility index (Phi) is 4.74. The molecule has 20 heavy (non-hydrogen) atoms. The van der Waals surface area contributed by atoms with Crippen molar-refractivity contribution in [2.45, 2.75) is 6.04 Å². The van der Waals surface area contributed by atoms with Gasteiger partial charge in [0.05, 0.1) is 11.6 Å². The molecule has 5 heteroatoms. The molecule has 1 unspecified atom stereocenters. The smallest absolute Gasteiger partial charge is 0.255 e. The van der Waals surface area contributed by atoms with E-state index in [1.807, 2.05) is 30.3 Å². The van der Waals surface area contributed by atoms with E-state index < -0.39 is 11.7 Å². The molecule has 0 spiro atoms. The number of rotatable bonds is 4. The fraction of sp³-hybridized carbons (Fsp3) is 0.133. The van der Waals surface area contributed by atoms with Crippen molar-refractivity contribution in [3.05, 3.63) is 65.5 Å². The van der Waals surface area contributed by atoms with Crippen LogP contribution in [0.1, 0.15) is 22.0 Å². The number of hydrogen-bond acceptors (Lipinski definition) is 2. The lowest BCUT2D eigenvalue weighted by atomic mass is 10.1. The van der Waals surface area contributed by atoms with E-state index in [1.54, 1.807) is 0 Å². The summed E-state index contributed by atoms with van der Waals surface area (Å²) >= 11 is 3.34. The highest BCUT2D eigenvalue weighted by atomic mass is 79.9. The second kappa shape index (κ2) is 6.52. The van der Waals surface area contributed by atoms with Gasteiger partial charge in [-0.15, -0.1) is 0 Å². The summed E-state index contributed by atoms with van der Waals surface area (Å²) in [6.07, 6.45) is 0. The maximum atomic E-state index is 13.1. The van der Waals surface area contributed by atoms with E-state index in [1.165, 1.54) is 0 Å². The van der Waals surface area contributed by atoms with Gasteiger partial charge in [0.1, 0.15) is 11.6 Å². The summed E-state index contributed by atoms with van der Waals surface area (Å²) < 4.78 is 13.1. The summed E-state index contributed by atoms with van der Waals surface area (Å²) in [5, 5.41) is 12.9. The zero-order chi connectivity index (χ0) is 14.5. The molecule has 0 aliphatic carbocycles. The van der Waals surface area contributed by atoms with Gasteiger partial charge in [-0.2, -0.15) is 0 Å². The summed E-state index contributed by atoms with van der Waals surface area (Å²) in [5.74, 6) is -1.33. The van der Waals surface area contributed by atoms with Crippen LogP contribution in [0.2, 0.25) is 0 Å². The third kappa shape index (κ3) is 3.36. The molecule has 2 N–H and O–H groups in total. The predicted octanol–water partition coefficient (Wildman–Crippen LogP) is 3.40.